The lowest BCUT2D eigenvalue weighted by atomic mass is 9.99. The first-order valence-corrected chi connectivity index (χ1v) is 9.00. The van der Waals surface area contributed by atoms with Gasteiger partial charge in [0.1, 0.15) is 8.07 Å². The van der Waals surface area contributed by atoms with Gasteiger partial charge in [0.15, 0.2) is 0 Å². The first-order chi connectivity index (χ1) is 7.44. The molecule has 0 bridgehead atoms. The van der Waals surface area contributed by atoms with E-state index in [-0.39, 0.29) is 12.5 Å². The Kier molecular flexibility index (Phi) is 4.28. The first-order valence-electron chi connectivity index (χ1n) is 5.50. The molecule has 86 valence electrons. The average molecular weight is 233 g/mol. The lowest BCUT2D eigenvalue weighted by Gasteiger charge is -2.10. The maximum atomic E-state index is 9.22. The van der Waals surface area contributed by atoms with Crippen molar-refractivity contribution in [1.29, 1.82) is 0 Å². The SMILES string of the molecule is CC(C#C[Si](C)(C)C)c1ccncc1CO. The lowest BCUT2D eigenvalue weighted by molar-refractivity contribution is 0.280. The van der Waals surface area contributed by atoms with Crippen LogP contribution in [0.1, 0.15) is 24.0 Å². The van der Waals surface area contributed by atoms with Gasteiger partial charge in [-0.1, -0.05) is 19.6 Å². The Hall–Kier alpha value is -1.11. The molecular formula is C13H19NOSi. The van der Waals surface area contributed by atoms with Gasteiger partial charge in [0.05, 0.1) is 6.61 Å². The van der Waals surface area contributed by atoms with Gasteiger partial charge in [-0.2, -0.15) is 0 Å². The molecule has 2 nitrogen and oxygen atoms in total. The Bertz CT molecular complexity index is 412. The molecule has 0 aliphatic rings. The van der Waals surface area contributed by atoms with Crippen molar-refractivity contribution in [3.8, 4) is 11.5 Å². The molecule has 1 heterocycles. The van der Waals surface area contributed by atoms with Crippen LogP contribution in [0.3, 0.4) is 0 Å². The topological polar surface area (TPSA) is 33.1 Å². The summed E-state index contributed by atoms with van der Waals surface area (Å²) >= 11 is 0. The summed E-state index contributed by atoms with van der Waals surface area (Å²) in [4.78, 5) is 4.01. The van der Waals surface area contributed by atoms with Crippen molar-refractivity contribution in [2.75, 3.05) is 0 Å². The second-order valence-corrected chi connectivity index (χ2v) is 9.72. The summed E-state index contributed by atoms with van der Waals surface area (Å²) in [5, 5.41) is 9.22. The van der Waals surface area contributed by atoms with Crippen LogP contribution in [0, 0.1) is 11.5 Å². The van der Waals surface area contributed by atoms with Crippen molar-refractivity contribution in [2.45, 2.75) is 39.1 Å². The van der Waals surface area contributed by atoms with Crippen LogP contribution in [-0.2, 0) is 6.61 Å². The van der Waals surface area contributed by atoms with E-state index in [9.17, 15) is 5.11 Å². The van der Waals surface area contributed by atoms with Gasteiger partial charge in [0, 0.05) is 23.9 Å². The molecule has 0 radical (unpaired) electrons. The molecule has 1 aromatic rings. The van der Waals surface area contributed by atoms with Crippen molar-refractivity contribution >= 4 is 8.07 Å². The quantitative estimate of drug-likeness (QED) is 0.629. The van der Waals surface area contributed by atoms with E-state index >= 15 is 0 Å². The maximum Gasteiger partial charge on any atom is 0.129 e. The highest BCUT2D eigenvalue weighted by atomic mass is 28.3. The van der Waals surface area contributed by atoms with Gasteiger partial charge < -0.3 is 5.11 Å². The number of rotatable bonds is 2. The summed E-state index contributed by atoms with van der Waals surface area (Å²) in [6.07, 6.45) is 3.46. The second-order valence-electron chi connectivity index (χ2n) is 4.97. The highest BCUT2D eigenvalue weighted by Crippen LogP contribution is 2.18. The zero-order valence-corrected chi connectivity index (χ0v) is 11.4. The number of aromatic nitrogens is 1. The Morgan fingerprint density at radius 1 is 1.44 bits per heavy atom. The minimum atomic E-state index is -1.32. The number of pyridine rings is 1. The van der Waals surface area contributed by atoms with Gasteiger partial charge in [-0.15, -0.1) is 11.5 Å². The normalized spacial score (nSPS) is 12.8. The van der Waals surface area contributed by atoms with E-state index in [2.05, 4.69) is 43.0 Å². The summed E-state index contributed by atoms with van der Waals surface area (Å²) in [5.41, 5.74) is 5.32. The predicted molar refractivity (Wildman–Crippen MR) is 69.7 cm³/mol. The molecule has 3 heteroatoms. The van der Waals surface area contributed by atoms with Crippen LogP contribution in [0.15, 0.2) is 18.5 Å². The summed E-state index contributed by atoms with van der Waals surface area (Å²) < 4.78 is 0. The Balaban J connectivity index is 2.95. The maximum absolute atomic E-state index is 9.22. The third-order valence-corrected chi connectivity index (χ3v) is 3.14. The van der Waals surface area contributed by atoms with Gasteiger partial charge in [-0.25, -0.2) is 0 Å². The molecule has 1 unspecified atom stereocenters. The van der Waals surface area contributed by atoms with Crippen LogP contribution >= 0.6 is 0 Å². The molecule has 0 aliphatic heterocycles. The summed E-state index contributed by atoms with van der Waals surface area (Å²) in [6, 6.07) is 1.94. The van der Waals surface area contributed by atoms with E-state index < -0.39 is 8.07 Å². The molecule has 1 N–H and O–H groups in total. The molecule has 1 rings (SSSR count). The minimum absolute atomic E-state index is 0.0299. The molecule has 0 saturated carbocycles. The number of hydrogen-bond acceptors (Lipinski definition) is 2. The molecule has 0 spiro atoms. The predicted octanol–water partition coefficient (Wildman–Crippen LogP) is 2.56. The number of nitrogens with zero attached hydrogens (tertiary/aromatic N) is 1. The third-order valence-electron chi connectivity index (χ3n) is 2.24. The second kappa shape index (κ2) is 5.29. The fourth-order valence-electron chi connectivity index (χ4n) is 1.39. The van der Waals surface area contributed by atoms with E-state index in [1.165, 1.54) is 0 Å². The number of aliphatic hydroxyl groups is 1. The summed E-state index contributed by atoms with van der Waals surface area (Å²) in [6.45, 7) is 8.79. The molecule has 0 aliphatic carbocycles. The van der Waals surface area contributed by atoms with Crippen molar-refractivity contribution in [3.05, 3.63) is 29.6 Å². The highest BCUT2D eigenvalue weighted by molar-refractivity contribution is 6.83. The van der Waals surface area contributed by atoms with E-state index in [0.29, 0.717) is 0 Å². The van der Waals surface area contributed by atoms with Gasteiger partial charge >= 0.3 is 0 Å². The first kappa shape index (κ1) is 13.0. The monoisotopic (exact) mass is 233 g/mol. The van der Waals surface area contributed by atoms with Crippen LogP contribution in [-0.4, -0.2) is 18.2 Å². The van der Waals surface area contributed by atoms with Crippen molar-refractivity contribution in [3.63, 3.8) is 0 Å². The fourth-order valence-corrected chi connectivity index (χ4v) is 2.04. The van der Waals surface area contributed by atoms with Crippen LogP contribution in [0.4, 0.5) is 0 Å². The molecule has 0 aromatic carbocycles. The highest BCUT2D eigenvalue weighted by Gasteiger charge is 2.10. The molecule has 16 heavy (non-hydrogen) atoms. The lowest BCUT2D eigenvalue weighted by Crippen LogP contribution is -2.16. The standard InChI is InChI=1S/C13H19NOSi/c1-11(6-8-16(2,3)4)13-5-7-14-9-12(13)10-15/h5,7,9,11,15H,10H2,1-4H3. The Morgan fingerprint density at radius 2 is 2.12 bits per heavy atom. The minimum Gasteiger partial charge on any atom is -0.392 e. The van der Waals surface area contributed by atoms with Gasteiger partial charge in [-0.3, -0.25) is 4.98 Å². The summed E-state index contributed by atoms with van der Waals surface area (Å²) in [5.74, 6) is 3.45. The third kappa shape index (κ3) is 3.80. The smallest absolute Gasteiger partial charge is 0.129 e. The zero-order chi connectivity index (χ0) is 12.2. The molecule has 0 fully saturated rings. The zero-order valence-electron chi connectivity index (χ0n) is 10.4. The summed E-state index contributed by atoms with van der Waals surface area (Å²) in [7, 11) is -1.32. The Labute approximate surface area is 98.7 Å². The molecule has 0 saturated heterocycles. The van der Waals surface area contributed by atoms with Gasteiger partial charge in [-0.05, 0) is 18.6 Å². The van der Waals surface area contributed by atoms with Gasteiger partial charge in [0.25, 0.3) is 0 Å². The van der Waals surface area contributed by atoms with E-state index in [1.54, 1.807) is 12.4 Å². The Morgan fingerprint density at radius 3 is 2.69 bits per heavy atom. The molecule has 1 atom stereocenters. The van der Waals surface area contributed by atoms with Crippen LogP contribution in [0.2, 0.25) is 19.6 Å². The fraction of sp³-hybridized carbons (Fsp3) is 0.462. The van der Waals surface area contributed by atoms with Crippen molar-refractivity contribution < 1.29 is 5.11 Å². The largest absolute Gasteiger partial charge is 0.392 e. The van der Waals surface area contributed by atoms with Crippen molar-refractivity contribution in [1.82, 2.24) is 4.98 Å². The van der Waals surface area contributed by atoms with Crippen LogP contribution < -0.4 is 0 Å². The van der Waals surface area contributed by atoms with Crippen molar-refractivity contribution in [2.24, 2.45) is 0 Å². The average Bonchev–Trinajstić information content (AvgIpc) is 2.25. The van der Waals surface area contributed by atoms with E-state index in [1.807, 2.05) is 6.07 Å². The van der Waals surface area contributed by atoms with E-state index in [4.69, 9.17) is 0 Å². The molecular weight excluding hydrogens is 214 g/mol. The van der Waals surface area contributed by atoms with Crippen LogP contribution in [0.5, 0.6) is 0 Å². The number of aliphatic hydroxyl groups excluding tert-OH is 1. The number of hydrogen-bond donors (Lipinski definition) is 1. The molecule has 0 amide bonds. The van der Waals surface area contributed by atoms with Gasteiger partial charge in [0.2, 0.25) is 0 Å². The molecule has 1 aromatic heterocycles. The van der Waals surface area contributed by atoms with Crippen LogP contribution in [0.25, 0.3) is 0 Å². The van der Waals surface area contributed by atoms with E-state index in [0.717, 1.165) is 11.1 Å².